The average molecular weight is 232 g/mol. The van der Waals surface area contributed by atoms with E-state index in [1.807, 2.05) is 31.2 Å². The zero-order valence-corrected chi connectivity index (χ0v) is 10.3. The quantitative estimate of drug-likeness (QED) is 0.830. The molecule has 1 amide bonds. The van der Waals surface area contributed by atoms with E-state index in [4.69, 9.17) is 5.73 Å². The summed E-state index contributed by atoms with van der Waals surface area (Å²) in [6.07, 6.45) is 3.61. The molecule has 1 saturated carbocycles. The van der Waals surface area contributed by atoms with Gasteiger partial charge in [-0.2, -0.15) is 0 Å². The van der Waals surface area contributed by atoms with E-state index in [0.29, 0.717) is 6.42 Å². The van der Waals surface area contributed by atoms with Crippen LogP contribution in [0.5, 0.6) is 0 Å². The highest BCUT2D eigenvalue weighted by Gasteiger charge is 2.24. The van der Waals surface area contributed by atoms with Crippen LogP contribution in [0.4, 0.5) is 0 Å². The van der Waals surface area contributed by atoms with E-state index in [1.165, 1.54) is 5.56 Å². The van der Waals surface area contributed by atoms with Crippen LogP contribution in [0, 0.1) is 6.92 Å². The number of nitrogens with one attached hydrogen (secondary N) is 1. The van der Waals surface area contributed by atoms with Crippen molar-refractivity contribution in [3.05, 3.63) is 35.4 Å². The van der Waals surface area contributed by atoms with Gasteiger partial charge in [0.2, 0.25) is 5.91 Å². The first kappa shape index (κ1) is 12.1. The summed E-state index contributed by atoms with van der Waals surface area (Å²) in [5, 5.41) is 3.03. The van der Waals surface area contributed by atoms with E-state index in [2.05, 4.69) is 5.32 Å². The minimum atomic E-state index is 0.0798. The predicted molar refractivity (Wildman–Crippen MR) is 68.6 cm³/mol. The lowest BCUT2D eigenvalue weighted by Gasteiger charge is -2.17. The first-order chi connectivity index (χ1) is 8.15. The van der Waals surface area contributed by atoms with Gasteiger partial charge in [-0.3, -0.25) is 4.79 Å². The van der Waals surface area contributed by atoms with Crippen molar-refractivity contribution in [2.75, 3.05) is 0 Å². The van der Waals surface area contributed by atoms with Crippen LogP contribution in [0.3, 0.4) is 0 Å². The lowest BCUT2D eigenvalue weighted by Crippen LogP contribution is -2.44. The molecule has 1 aliphatic carbocycles. The number of amides is 1. The van der Waals surface area contributed by atoms with Crippen LogP contribution in [0.2, 0.25) is 0 Å². The Morgan fingerprint density at radius 1 is 1.35 bits per heavy atom. The molecule has 2 rings (SSSR count). The second kappa shape index (κ2) is 5.32. The second-order valence-corrected chi connectivity index (χ2v) is 4.93. The van der Waals surface area contributed by atoms with Gasteiger partial charge < -0.3 is 11.1 Å². The summed E-state index contributed by atoms with van der Waals surface area (Å²) < 4.78 is 0. The highest BCUT2D eigenvalue weighted by Crippen LogP contribution is 2.17. The third-order valence-electron chi connectivity index (χ3n) is 3.40. The second-order valence-electron chi connectivity index (χ2n) is 4.93. The van der Waals surface area contributed by atoms with E-state index in [9.17, 15) is 4.79 Å². The summed E-state index contributed by atoms with van der Waals surface area (Å²) in [7, 11) is 0. The number of carbonyl (C=O) groups excluding carboxylic acids is 1. The van der Waals surface area contributed by atoms with Gasteiger partial charge >= 0.3 is 0 Å². The molecule has 0 radical (unpaired) electrons. The van der Waals surface area contributed by atoms with Gasteiger partial charge in [-0.1, -0.05) is 29.8 Å². The van der Waals surface area contributed by atoms with E-state index < -0.39 is 0 Å². The Morgan fingerprint density at radius 2 is 2.06 bits per heavy atom. The molecule has 3 N–H and O–H groups in total. The maximum Gasteiger partial charge on any atom is 0.224 e. The van der Waals surface area contributed by atoms with Crippen LogP contribution < -0.4 is 11.1 Å². The Kier molecular flexibility index (Phi) is 3.79. The van der Waals surface area contributed by atoms with Gasteiger partial charge in [0, 0.05) is 12.1 Å². The minimum Gasteiger partial charge on any atom is -0.352 e. The molecular weight excluding hydrogens is 212 g/mol. The molecule has 2 unspecified atom stereocenters. The van der Waals surface area contributed by atoms with E-state index in [0.717, 1.165) is 24.8 Å². The van der Waals surface area contributed by atoms with Crippen LogP contribution in [-0.2, 0) is 11.2 Å². The van der Waals surface area contributed by atoms with Gasteiger partial charge in [0.25, 0.3) is 0 Å². The first-order valence-corrected chi connectivity index (χ1v) is 6.25. The van der Waals surface area contributed by atoms with Crippen molar-refractivity contribution in [1.82, 2.24) is 5.32 Å². The third-order valence-corrected chi connectivity index (χ3v) is 3.40. The molecule has 17 heavy (non-hydrogen) atoms. The van der Waals surface area contributed by atoms with Gasteiger partial charge in [-0.25, -0.2) is 0 Å². The van der Waals surface area contributed by atoms with Crippen LogP contribution in [-0.4, -0.2) is 18.0 Å². The Balaban J connectivity index is 1.86. The number of hydrogen-bond acceptors (Lipinski definition) is 2. The largest absolute Gasteiger partial charge is 0.352 e. The number of benzene rings is 1. The molecular formula is C14H20N2O. The molecule has 0 aromatic heterocycles. The normalized spacial score (nSPS) is 23.6. The summed E-state index contributed by atoms with van der Waals surface area (Å²) in [5.74, 6) is 0.0798. The molecule has 1 aromatic rings. The molecule has 1 aliphatic rings. The average Bonchev–Trinajstić information content (AvgIpc) is 2.68. The molecule has 0 aliphatic heterocycles. The summed E-state index contributed by atoms with van der Waals surface area (Å²) >= 11 is 0. The zero-order chi connectivity index (χ0) is 12.3. The van der Waals surface area contributed by atoms with Crippen LogP contribution in [0.1, 0.15) is 30.4 Å². The highest BCUT2D eigenvalue weighted by molar-refractivity contribution is 5.79. The summed E-state index contributed by atoms with van der Waals surface area (Å²) in [6, 6.07) is 8.38. The van der Waals surface area contributed by atoms with Gasteiger partial charge in [0.15, 0.2) is 0 Å². The molecule has 2 atom stereocenters. The molecule has 3 nitrogen and oxygen atoms in total. The van der Waals surface area contributed by atoms with E-state index in [-0.39, 0.29) is 18.0 Å². The van der Waals surface area contributed by atoms with Crippen molar-refractivity contribution < 1.29 is 4.79 Å². The Hall–Kier alpha value is -1.35. The monoisotopic (exact) mass is 232 g/mol. The van der Waals surface area contributed by atoms with Crippen molar-refractivity contribution in [2.45, 2.75) is 44.7 Å². The third kappa shape index (κ3) is 3.30. The summed E-state index contributed by atoms with van der Waals surface area (Å²) in [6.45, 7) is 2.04. The fraction of sp³-hybridized carbons (Fsp3) is 0.500. The lowest BCUT2D eigenvalue weighted by molar-refractivity contribution is -0.121. The molecule has 3 heteroatoms. The fourth-order valence-electron chi connectivity index (χ4n) is 2.32. The smallest absolute Gasteiger partial charge is 0.224 e. The topological polar surface area (TPSA) is 55.1 Å². The lowest BCUT2D eigenvalue weighted by atomic mass is 10.1. The van der Waals surface area contributed by atoms with Crippen LogP contribution in [0.15, 0.2) is 24.3 Å². The fourth-order valence-corrected chi connectivity index (χ4v) is 2.32. The van der Waals surface area contributed by atoms with Crippen molar-refractivity contribution in [2.24, 2.45) is 5.73 Å². The minimum absolute atomic E-state index is 0.0798. The van der Waals surface area contributed by atoms with E-state index in [1.54, 1.807) is 0 Å². The maximum atomic E-state index is 11.8. The maximum absolute atomic E-state index is 11.8. The molecule has 1 aromatic carbocycles. The first-order valence-electron chi connectivity index (χ1n) is 6.25. The molecule has 0 spiro atoms. The summed E-state index contributed by atoms with van der Waals surface area (Å²) in [5.41, 5.74) is 8.20. The van der Waals surface area contributed by atoms with Crippen molar-refractivity contribution in [3.63, 3.8) is 0 Å². The van der Waals surface area contributed by atoms with Gasteiger partial charge in [-0.05, 0) is 31.7 Å². The molecule has 92 valence electrons. The van der Waals surface area contributed by atoms with Crippen molar-refractivity contribution in [1.29, 1.82) is 0 Å². The number of hydrogen-bond donors (Lipinski definition) is 2. The van der Waals surface area contributed by atoms with Gasteiger partial charge in [0.1, 0.15) is 0 Å². The van der Waals surface area contributed by atoms with Crippen LogP contribution in [0.25, 0.3) is 0 Å². The number of carbonyl (C=O) groups is 1. The van der Waals surface area contributed by atoms with Gasteiger partial charge in [-0.15, -0.1) is 0 Å². The summed E-state index contributed by atoms with van der Waals surface area (Å²) in [4.78, 5) is 11.8. The Bertz CT molecular complexity index is 386. The number of nitrogens with two attached hydrogens (primary N) is 1. The van der Waals surface area contributed by atoms with Crippen molar-refractivity contribution in [3.8, 4) is 0 Å². The predicted octanol–water partition coefficient (Wildman–Crippen LogP) is 1.53. The van der Waals surface area contributed by atoms with Crippen LogP contribution >= 0.6 is 0 Å². The molecule has 0 saturated heterocycles. The van der Waals surface area contributed by atoms with E-state index >= 15 is 0 Å². The number of rotatable bonds is 3. The zero-order valence-electron chi connectivity index (χ0n) is 10.3. The molecule has 0 heterocycles. The van der Waals surface area contributed by atoms with Gasteiger partial charge in [0.05, 0.1) is 6.42 Å². The molecule has 0 bridgehead atoms. The SMILES string of the molecule is Cc1ccc(CC(=O)NC2CCCC2N)cc1. The highest BCUT2D eigenvalue weighted by atomic mass is 16.1. The van der Waals surface area contributed by atoms with Crippen molar-refractivity contribution >= 4 is 5.91 Å². The molecule has 1 fully saturated rings. The Labute approximate surface area is 102 Å². The Morgan fingerprint density at radius 3 is 2.65 bits per heavy atom. The standard InChI is InChI=1S/C14H20N2O/c1-10-5-7-11(8-6-10)9-14(17)16-13-4-2-3-12(13)15/h5-8,12-13H,2-4,9,15H2,1H3,(H,16,17). The number of aryl methyl sites for hydroxylation is 1.